The molecule has 0 atom stereocenters. The number of amides is 1. The first kappa shape index (κ1) is 20.3. The molecule has 33 heavy (non-hydrogen) atoms. The van der Waals surface area contributed by atoms with Crippen molar-refractivity contribution in [1.29, 1.82) is 0 Å². The number of aromatic nitrogens is 5. The molecule has 0 aliphatic carbocycles. The Morgan fingerprint density at radius 1 is 1.09 bits per heavy atom. The van der Waals surface area contributed by atoms with E-state index in [9.17, 15) is 14.0 Å². The Kier molecular flexibility index (Phi) is 5.02. The van der Waals surface area contributed by atoms with E-state index in [4.69, 9.17) is 4.52 Å². The second-order valence-electron chi connectivity index (χ2n) is 7.40. The smallest absolute Gasteiger partial charge is 0.333 e. The van der Waals surface area contributed by atoms with Gasteiger partial charge >= 0.3 is 5.69 Å². The first-order valence-electron chi connectivity index (χ1n) is 10.0. The van der Waals surface area contributed by atoms with Crippen molar-refractivity contribution < 1.29 is 13.7 Å². The molecule has 3 heterocycles. The average molecular weight is 444 g/mol. The predicted molar refractivity (Wildman–Crippen MR) is 118 cm³/mol. The van der Waals surface area contributed by atoms with Gasteiger partial charge in [0.1, 0.15) is 12.4 Å². The van der Waals surface area contributed by atoms with Crippen LogP contribution in [-0.4, -0.2) is 30.2 Å². The molecule has 164 valence electrons. The molecule has 0 aliphatic heterocycles. The minimum atomic E-state index is -0.501. The number of pyridine rings is 1. The van der Waals surface area contributed by atoms with Crippen LogP contribution in [0.25, 0.3) is 28.5 Å². The zero-order valence-corrected chi connectivity index (χ0v) is 17.4. The maximum Gasteiger partial charge on any atom is 0.350 e. The highest BCUT2D eigenvalue weighted by molar-refractivity contribution is 5.90. The number of hydrogen-bond acceptors (Lipinski definition) is 6. The molecule has 0 bridgehead atoms. The van der Waals surface area contributed by atoms with Crippen LogP contribution in [0.5, 0.6) is 0 Å². The molecule has 0 aliphatic rings. The van der Waals surface area contributed by atoms with Crippen LogP contribution in [0.4, 0.5) is 10.1 Å². The number of carbonyl (C=O) groups excluding carboxylic acids is 1. The van der Waals surface area contributed by atoms with E-state index in [2.05, 4.69) is 20.6 Å². The van der Waals surface area contributed by atoms with E-state index in [1.54, 1.807) is 18.3 Å². The van der Waals surface area contributed by atoms with Crippen molar-refractivity contribution in [3.63, 3.8) is 0 Å². The highest BCUT2D eigenvalue weighted by atomic mass is 19.1. The second-order valence-corrected chi connectivity index (χ2v) is 7.40. The lowest BCUT2D eigenvalue weighted by Gasteiger charge is -2.04. The largest absolute Gasteiger partial charge is 0.350 e. The molecule has 0 unspecified atom stereocenters. The Labute approximate surface area is 186 Å². The zero-order chi connectivity index (χ0) is 22.9. The van der Waals surface area contributed by atoms with Crippen LogP contribution in [0, 0.1) is 12.7 Å². The number of nitrogens with zero attached hydrogens (tertiary/aromatic N) is 5. The number of benzene rings is 2. The summed E-state index contributed by atoms with van der Waals surface area (Å²) in [5, 5.41) is 10.9. The molecule has 9 nitrogen and oxygen atoms in total. The third kappa shape index (κ3) is 4.01. The molecule has 3 aromatic heterocycles. The summed E-state index contributed by atoms with van der Waals surface area (Å²) < 4.78 is 20.8. The highest BCUT2D eigenvalue weighted by Crippen LogP contribution is 2.24. The quantitative estimate of drug-likeness (QED) is 0.446. The summed E-state index contributed by atoms with van der Waals surface area (Å²) in [6.45, 7) is 1.66. The molecule has 0 radical (unpaired) electrons. The Hall–Kier alpha value is -4.60. The van der Waals surface area contributed by atoms with Gasteiger partial charge in [0.05, 0.1) is 5.56 Å². The molecule has 5 rings (SSSR count). The third-order valence-electron chi connectivity index (χ3n) is 5.00. The fourth-order valence-electron chi connectivity index (χ4n) is 3.33. The van der Waals surface area contributed by atoms with Gasteiger partial charge in [-0.3, -0.25) is 4.79 Å². The van der Waals surface area contributed by atoms with Crippen molar-refractivity contribution in [1.82, 2.24) is 24.3 Å². The van der Waals surface area contributed by atoms with Crippen LogP contribution in [0.1, 0.15) is 5.56 Å². The number of hydrogen-bond donors (Lipinski definition) is 1. The van der Waals surface area contributed by atoms with Crippen LogP contribution in [-0.2, 0) is 11.3 Å². The number of fused-ring (bicyclic) bond motifs is 1. The van der Waals surface area contributed by atoms with Crippen LogP contribution in [0.3, 0.4) is 0 Å². The van der Waals surface area contributed by atoms with E-state index in [-0.39, 0.29) is 18.1 Å². The van der Waals surface area contributed by atoms with Crippen molar-refractivity contribution in [3.05, 3.63) is 88.7 Å². The molecule has 5 aromatic rings. The monoisotopic (exact) mass is 444 g/mol. The minimum Gasteiger partial charge on any atom is -0.333 e. The van der Waals surface area contributed by atoms with Crippen molar-refractivity contribution in [2.75, 3.05) is 5.32 Å². The summed E-state index contributed by atoms with van der Waals surface area (Å²) >= 11 is 0. The maximum atomic E-state index is 13.0. The second kappa shape index (κ2) is 8.15. The SMILES string of the molecule is Cc1ccc(-c2noc(-c3cccn4c(=O)n(CC(=O)Nc5ccc(F)cc5)nc34)n2)cc1. The van der Waals surface area contributed by atoms with Crippen molar-refractivity contribution in [2.24, 2.45) is 0 Å². The summed E-state index contributed by atoms with van der Waals surface area (Å²) in [6.07, 6.45) is 1.54. The lowest BCUT2D eigenvalue weighted by atomic mass is 10.1. The van der Waals surface area contributed by atoms with Crippen molar-refractivity contribution >= 4 is 17.2 Å². The van der Waals surface area contributed by atoms with Gasteiger partial charge in [-0.25, -0.2) is 18.3 Å². The van der Waals surface area contributed by atoms with Crippen LogP contribution in [0.15, 0.2) is 76.2 Å². The number of nitrogens with one attached hydrogen (secondary N) is 1. The predicted octanol–water partition coefficient (Wildman–Crippen LogP) is 3.30. The molecule has 10 heteroatoms. The number of carbonyl (C=O) groups is 1. The van der Waals surface area contributed by atoms with E-state index in [0.29, 0.717) is 17.1 Å². The van der Waals surface area contributed by atoms with Gasteiger partial charge in [-0.2, -0.15) is 4.98 Å². The van der Waals surface area contributed by atoms with E-state index in [1.165, 1.54) is 28.7 Å². The molecule has 2 aromatic carbocycles. The Bertz CT molecular complexity index is 1520. The molecule has 0 spiro atoms. The van der Waals surface area contributed by atoms with Gasteiger partial charge in [0.25, 0.3) is 5.89 Å². The van der Waals surface area contributed by atoms with Crippen molar-refractivity contribution in [2.45, 2.75) is 13.5 Å². The van der Waals surface area contributed by atoms with Gasteiger partial charge in [0.15, 0.2) is 5.65 Å². The molecular weight excluding hydrogens is 427 g/mol. The van der Waals surface area contributed by atoms with E-state index >= 15 is 0 Å². The van der Waals surface area contributed by atoms with Gasteiger partial charge in [-0.1, -0.05) is 35.0 Å². The average Bonchev–Trinajstić information content (AvgIpc) is 3.41. The Morgan fingerprint density at radius 2 is 1.85 bits per heavy atom. The number of rotatable bonds is 5. The summed E-state index contributed by atoms with van der Waals surface area (Å²) in [7, 11) is 0. The van der Waals surface area contributed by atoms with Gasteiger partial charge in [-0.05, 0) is 43.3 Å². The molecule has 0 saturated heterocycles. The number of anilines is 1. The Morgan fingerprint density at radius 3 is 2.61 bits per heavy atom. The highest BCUT2D eigenvalue weighted by Gasteiger charge is 2.18. The normalized spacial score (nSPS) is 11.1. The lowest BCUT2D eigenvalue weighted by molar-refractivity contribution is -0.117. The fourth-order valence-corrected chi connectivity index (χ4v) is 3.33. The maximum absolute atomic E-state index is 13.0. The summed E-state index contributed by atoms with van der Waals surface area (Å²) in [6, 6.07) is 16.4. The summed E-state index contributed by atoms with van der Waals surface area (Å²) in [4.78, 5) is 29.6. The van der Waals surface area contributed by atoms with Gasteiger partial charge in [0, 0.05) is 17.4 Å². The molecule has 0 saturated carbocycles. The summed E-state index contributed by atoms with van der Waals surface area (Å²) in [5.41, 5.74) is 2.55. The summed E-state index contributed by atoms with van der Waals surface area (Å²) in [5.74, 6) is -0.284. The van der Waals surface area contributed by atoms with Crippen LogP contribution in [0.2, 0.25) is 0 Å². The first-order chi connectivity index (χ1) is 16.0. The lowest BCUT2D eigenvalue weighted by Crippen LogP contribution is -2.28. The fraction of sp³-hybridized carbons (Fsp3) is 0.0870. The van der Waals surface area contributed by atoms with E-state index in [1.807, 2.05) is 31.2 Å². The minimum absolute atomic E-state index is 0.198. The number of halogens is 1. The van der Waals surface area contributed by atoms with E-state index in [0.717, 1.165) is 15.8 Å². The van der Waals surface area contributed by atoms with Gasteiger partial charge in [0.2, 0.25) is 11.7 Å². The van der Waals surface area contributed by atoms with Crippen LogP contribution >= 0.6 is 0 Å². The molecule has 1 N–H and O–H groups in total. The third-order valence-corrected chi connectivity index (χ3v) is 5.00. The van der Waals surface area contributed by atoms with Crippen molar-refractivity contribution in [3.8, 4) is 22.8 Å². The number of aryl methyl sites for hydroxylation is 1. The zero-order valence-electron chi connectivity index (χ0n) is 17.4. The first-order valence-corrected chi connectivity index (χ1v) is 10.0. The Balaban J connectivity index is 1.44. The topological polar surface area (TPSA) is 107 Å². The molecular formula is C23H17FN6O3. The molecule has 1 amide bonds. The van der Waals surface area contributed by atoms with Crippen LogP contribution < -0.4 is 11.0 Å². The van der Waals surface area contributed by atoms with E-state index < -0.39 is 17.4 Å². The molecule has 0 fully saturated rings. The van der Waals surface area contributed by atoms with Gasteiger partial charge < -0.3 is 9.84 Å². The van der Waals surface area contributed by atoms with Gasteiger partial charge in [-0.15, -0.1) is 5.10 Å². The standard InChI is InChI=1S/C23H17FN6O3/c1-14-4-6-15(7-5-14)20-26-22(33-28-20)18-3-2-12-29-21(18)27-30(23(29)32)13-19(31)25-17-10-8-16(24)9-11-17/h2-12H,13H2,1H3,(H,25,31).